The molecule has 1 saturated carbocycles. The maximum Gasteiger partial charge on any atom is 0.410 e. The number of methoxy groups -OCH3 is 1. The van der Waals surface area contributed by atoms with Crippen LogP contribution >= 0.6 is 0 Å². The molecule has 0 saturated heterocycles. The van der Waals surface area contributed by atoms with Crippen LogP contribution in [-0.4, -0.2) is 31.2 Å². The zero-order chi connectivity index (χ0) is 15.1. The zero-order valence-electron chi connectivity index (χ0n) is 12.7. The lowest BCUT2D eigenvalue weighted by Gasteiger charge is -2.31. The SMILES string of the molecule is COC=C1CCC(N(C)C(=O)OCc2ccccc2)CC1. The van der Waals surface area contributed by atoms with Crippen LogP contribution in [0.25, 0.3) is 0 Å². The van der Waals surface area contributed by atoms with Crippen molar-refractivity contribution >= 4 is 6.09 Å². The van der Waals surface area contributed by atoms with Gasteiger partial charge in [0.2, 0.25) is 0 Å². The number of nitrogens with zero attached hydrogens (tertiary/aromatic N) is 1. The summed E-state index contributed by atoms with van der Waals surface area (Å²) in [4.78, 5) is 13.8. The molecule has 0 unspecified atom stereocenters. The minimum absolute atomic E-state index is 0.247. The molecule has 21 heavy (non-hydrogen) atoms. The Labute approximate surface area is 126 Å². The number of carbonyl (C=O) groups is 1. The fourth-order valence-corrected chi connectivity index (χ4v) is 2.62. The number of benzene rings is 1. The van der Waals surface area contributed by atoms with Crippen molar-refractivity contribution in [1.29, 1.82) is 0 Å². The number of hydrogen-bond donors (Lipinski definition) is 0. The number of carbonyl (C=O) groups excluding carboxylic acids is 1. The highest BCUT2D eigenvalue weighted by molar-refractivity contribution is 5.67. The van der Waals surface area contributed by atoms with Gasteiger partial charge in [-0.05, 0) is 36.8 Å². The molecule has 1 aromatic rings. The Kier molecular flexibility index (Phi) is 5.67. The van der Waals surface area contributed by atoms with Gasteiger partial charge in [-0.3, -0.25) is 0 Å². The molecule has 0 N–H and O–H groups in total. The Bertz CT molecular complexity index is 474. The van der Waals surface area contributed by atoms with Gasteiger partial charge in [0.1, 0.15) is 6.61 Å². The largest absolute Gasteiger partial charge is 0.504 e. The minimum atomic E-state index is -0.247. The van der Waals surface area contributed by atoms with Gasteiger partial charge >= 0.3 is 6.09 Å². The number of amides is 1. The maximum atomic E-state index is 12.1. The van der Waals surface area contributed by atoms with Gasteiger partial charge in [-0.2, -0.15) is 0 Å². The average molecular weight is 289 g/mol. The van der Waals surface area contributed by atoms with E-state index in [1.807, 2.05) is 43.6 Å². The molecule has 1 aliphatic rings. The van der Waals surface area contributed by atoms with Crippen LogP contribution in [0.2, 0.25) is 0 Å². The van der Waals surface area contributed by atoms with Gasteiger partial charge < -0.3 is 14.4 Å². The highest BCUT2D eigenvalue weighted by atomic mass is 16.6. The Morgan fingerprint density at radius 1 is 1.29 bits per heavy atom. The van der Waals surface area contributed by atoms with Crippen LogP contribution in [0, 0.1) is 0 Å². The molecule has 1 amide bonds. The van der Waals surface area contributed by atoms with Gasteiger partial charge in [-0.15, -0.1) is 0 Å². The fourth-order valence-electron chi connectivity index (χ4n) is 2.62. The molecule has 0 heterocycles. The van der Waals surface area contributed by atoms with Gasteiger partial charge in [-0.1, -0.05) is 30.3 Å². The third-order valence-corrected chi connectivity index (χ3v) is 3.92. The first-order chi connectivity index (χ1) is 10.2. The van der Waals surface area contributed by atoms with E-state index in [1.54, 1.807) is 12.0 Å². The molecule has 4 nitrogen and oxygen atoms in total. The topological polar surface area (TPSA) is 38.8 Å². The first kappa shape index (κ1) is 15.4. The maximum absolute atomic E-state index is 12.1. The predicted octanol–water partition coefficient (Wildman–Crippen LogP) is 3.73. The van der Waals surface area contributed by atoms with Crippen molar-refractivity contribution in [2.45, 2.75) is 38.3 Å². The third-order valence-electron chi connectivity index (χ3n) is 3.92. The van der Waals surface area contributed by atoms with E-state index in [1.165, 1.54) is 5.57 Å². The van der Waals surface area contributed by atoms with E-state index in [4.69, 9.17) is 9.47 Å². The third kappa shape index (κ3) is 4.52. The Hall–Kier alpha value is -1.97. The standard InChI is InChI=1S/C17H23NO3/c1-18(16-10-8-15(9-11-16)12-20-2)17(19)21-13-14-6-4-3-5-7-14/h3-7,12,16H,8-11,13H2,1-2H3. The lowest BCUT2D eigenvalue weighted by Crippen LogP contribution is -2.38. The van der Waals surface area contributed by atoms with Crippen LogP contribution in [0.1, 0.15) is 31.2 Å². The van der Waals surface area contributed by atoms with Gasteiger partial charge in [0.15, 0.2) is 0 Å². The van der Waals surface area contributed by atoms with E-state index >= 15 is 0 Å². The van der Waals surface area contributed by atoms with E-state index in [9.17, 15) is 4.79 Å². The van der Waals surface area contributed by atoms with Gasteiger partial charge in [0, 0.05) is 13.1 Å². The summed E-state index contributed by atoms with van der Waals surface area (Å²) in [6.07, 6.45) is 5.47. The number of rotatable bonds is 4. The number of ether oxygens (including phenoxy) is 2. The van der Waals surface area contributed by atoms with Gasteiger partial charge in [0.05, 0.1) is 13.4 Å². The van der Waals surface area contributed by atoms with Crippen molar-refractivity contribution in [3.05, 3.63) is 47.7 Å². The second-order valence-electron chi connectivity index (χ2n) is 5.39. The van der Waals surface area contributed by atoms with E-state index in [0.29, 0.717) is 6.61 Å². The summed E-state index contributed by atoms with van der Waals surface area (Å²) in [5.41, 5.74) is 2.33. The molecule has 0 bridgehead atoms. The highest BCUT2D eigenvalue weighted by Gasteiger charge is 2.24. The van der Waals surface area contributed by atoms with Gasteiger partial charge in [0.25, 0.3) is 0 Å². The summed E-state index contributed by atoms with van der Waals surface area (Å²) in [5.74, 6) is 0. The van der Waals surface area contributed by atoms with Crippen molar-refractivity contribution in [3.8, 4) is 0 Å². The Balaban J connectivity index is 1.79. The summed E-state index contributed by atoms with van der Waals surface area (Å²) < 4.78 is 10.4. The van der Waals surface area contributed by atoms with Crippen molar-refractivity contribution in [2.75, 3.05) is 14.2 Å². The van der Waals surface area contributed by atoms with Crippen molar-refractivity contribution < 1.29 is 14.3 Å². The van der Waals surface area contributed by atoms with Crippen molar-refractivity contribution in [2.24, 2.45) is 0 Å². The monoisotopic (exact) mass is 289 g/mol. The predicted molar refractivity (Wildman–Crippen MR) is 81.7 cm³/mol. The van der Waals surface area contributed by atoms with Gasteiger partial charge in [-0.25, -0.2) is 4.79 Å². The molecule has 0 aromatic heterocycles. The quantitative estimate of drug-likeness (QED) is 0.793. The summed E-state index contributed by atoms with van der Waals surface area (Å²) in [6.45, 7) is 0.325. The normalized spacial score (nSPS) is 18.0. The van der Waals surface area contributed by atoms with Crippen LogP contribution in [-0.2, 0) is 16.1 Å². The lowest BCUT2D eigenvalue weighted by molar-refractivity contribution is 0.0856. The molecule has 0 atom stereocenters. The van der Waals surface area contributed by atoms with E-state index < -0.39 is 0 Å². The fraction of sp³-hybridized carbons (Fsp3) is 0.471. The molecular weight excluding hydrogens is 266 g/mol. The lowest BCUT2D eigenvalue weighted by atomic mass is 9.91. The second kappa shape index (κ2) is 7.72. The van der Waals surface area contributed by atoms with Crippen LogP contribution in [0.4, 0.5) is 4.79 Å². The molecule has 4 heteroatoms. The first-order valence-electron chi connectivity index (χ1n) is 7.35. The van der Waals surface area contributed by atoms with Crippen LogP contribution < -0.4 is 0 Å². The van der Waals surface area contributed by atoms with Crippen molar-refractivity contribution in [1.82, 2.24) is 4.90 Å². The Morgan fingerprint density at radius 3 is 2.57 bits per heavy atom. The summed E-state index contributed by atoms with van der Waals surface area (Å²) in [6, 6.07) is 9.99. The molecular formula is C17H23NO3. The summed E-state index contributed by atoms with van der Waals surface area (Å²) >= 11 is 0. The molecule has 0 spiro atoms. The second-order valence-corrected chi connectivity index (χ2v) is 5.39. The smallest absolute Gasteiger partial charge is 0.410 e. The highest BCUT2D eigenvalue weighted by Crippen LogP contribution is 2.26. The summed E-state index contributed by atoms with van der Waals surface area (Å²) in [7, 11) is 3.50. The molecule has 1 aliphatic carbocycles. The molecule has 0 aliphatic heterocycles. The number of allylic oxidation sites excluding steroid dienone is 1. The van der Waals surface area contributed by atoms with Crippen LogP contribution in [0.15, 0.2) is 42.2 Å². The van der Waals surface area contributed by atoms with Crippen LogP contribution in [0.5, 0.6) is 0 Å². The molecule has 2 rings (SSSR count). The number of hydrogen-bond acceptors (Lipinski definition) is 3. The van der Waals surface area contributed by atoms with E-state index in [0.717, 1.165) is 31.2 Å². The van der Waals surface area contributed by atoms with E-state index in [-0.39, 0.29) is 12.1 Å². The molecule has 1 fully saturated rings. The average Bonchev–Trinajstić information content (AvgIpc) is 2.54. The van der Waals surface area contributed by atoms with Crippen molar-refractivity contribution in [3.63, 3.8) is 0 Å². The molecule has 114 valence electrons. The molecule has 1 aromatic carbocycles. The minimum Gasteiger partial charge on any atom is -0.504 e. The van der Waals surface area contributed by atoms with Crippen LogP contribution in [0.3, 0.4) is 0 Å². The molecule has 0 radical (unpaired) electrons. The zero-order valence-corrected chi connectivity index (χ0v) is 12.7. The summed E-state index contributed by atoms with van der Waals surface area (Å²) in [5, 5.41) is 0. The first-order valence-corrected chi connectivity index (χ1v) is 7.35. The van der Waals surface area contributed by atoms with E-state index in [2.05, 4.69) is 0 Å². The Morgan fingerprint density at radius 2 is 1.95 bits per heavy atom.